The topological polar surface area (TPSA) is 88.2 Å². The molecule has 2 aromatic heterocycles. The van der Waals surface area contributed by atoms with Crippen LogP contribution in [0.2, 0.25) is 10.0 Å². The molecule has 0 aliphatic carbocycles. The van der Waals surface area contributed by atoms with Crippen LogP contribution >= 0.6 is 23.2 Å². The fourth-order valence-corrected chi connectivity index (χ4v) is 4.49. The Bertz CT molecular complexity index is 1510. The molecule has 0 saturated heterocycles. The van der Waals surface area contributed by atoms with E-state index in [9.17, 15) is 19.1 Å². The van der Waals surface area contributed by atoms with Crippen LogP contribution in [0.25, 0.3) is 28.2 Å². The number of aliphatic carboxylic acids is 1. The number of hydrogen-bond acceptors (Lipinski definition) is 5. The quantitative estimate of drug-likeness (QED) is 0.316. The minimum atomic E-state index is -2.15. The van der Waals surface area contributed by atoms with Crippen LogP contribution in [0.3, 0.4) is 0 Å². The SMILES string of the molecule is Cc1cn(C(=O)c2c(-c3c(F)cc(Cl)cc3Cl)noc2C(C)(C)F)c2cccc(/C=C/C(=O)[O-])c12. The van der Waals surface area contributed by atoms with Gasteiger partial charge in [-0.3, -0.25) is 9.36 Å². The highest BCUT2D eigenvalue weighted by molar-refractivity contribution is 6.36. The summed E-state index contributed by atoms with van der Waals surface area (Å²) in [6.07, 6.45) is 3.73. The van der Waals surface area contributed by atoms with Crippen molar-refractivity contribution >= 4 is 52.1 Å². The summed E-state index contributed by atoms with van der Waals surface area (Å²) in [5.41, 5.74) is -1.42. The summed E-state index contributed by atoms with van der Waals surface area (Å²) in [5, 5.41) is 15.2. The largest absolute Gasteiger partial charge is 0.545 e. The van der Waals surface area contributed by atoms with Gasteiger partial charge in [-0.15, -0.1) is 0 Å². The lowest BCUT2D eigenvalue weighted by atomic mass is 9.98. The van der Waals surface area contributed by atoms with E-state index >= 15 is 4.39 Å². The number of alkyl halides is 1. The van der Waals surface area contributed by atoms with Crippen molar-refractivity contribution in [3.05, 3.63) is 80.9 Å². The fraction of sp³-hybridized carbons (Fsp3) is 0.160. The maximum Gasteiger partial charge on any atom is 0.268 e. The highest BCUT2D eigenvalue weighted by Gasteiger charge is 2.37. The van der Waals surface area contributed by atoms with Gasteiger partial charge >= 0.3 is 0 Å². The number of benzene rings is 2. The molecule has 0 radical (unpaired) electrons. The fourth-order valence-electron chi connectivity index (χ4n) is 3.93. The van der Waals surface area contributed by atoms with Crippen LogP contribution in [-0.4, -0.2) is 21.6 Å². The standard InChI is InChI=1S/C25H18Cl2F2N2O4/c1-12-11-31(17-6-4-5-13(19(12)17)7-8-18(32)33)24(34)21-22(30-35-23(21)25(2,3)29)20-15(27)9-14(26)10-16(20)28/h4-11H,1-3H3,(H,32,33)/p-1/b8-7+. The van der Waals surface area contributed by atoms with Crippen LogP contribution in [0.1, 0.15) is 41.1 Å². The summed E-state index contributed by atoms with van der Waals surface area (Å²) in [6.45, 7) is 4.08. The van der Waals surface area contributed by atoms with Gasteiger partial charge in [0.15, 0.2) is 11.4 Å². The Hall–Kier alpha value is -3.49. The number of rotatable bonds is 5. The number of fused-ring (bicyclic) bond motifs is 1. The van der Waals surface area contributed by atoms with Gasteiger partial charge in [-0.05, 0) is 56.2 Å². The molecule has 0 aliphatic heterocycles. The van der Waals surface area contributed by atoms with Crippen LogP contribution in [0, 0.1) is 12.7 Å². The zero-order chi connectivity index (χ0) is 25.7. The maximum absolute atomic E-state index is 15.1. The molecule has 6 nitrogen and oxygen atoms in total. The number of nitrogens with zero attached hydrogens (tertiary/aromatic N) is 2. The average Bonchev–Trinajstić information content (AvgIpc) is 3.33. The molecule has 0 N–H and O–H groups in total. The molecule has 10 heteroatoms. The van der Waals surface area contributed by atoms with E-state index in [1.165, 1.54) is 36.8 Å². The smallest absolute Gasteiger partial charge is 0.268 e. The number of halogens is 4. The highest BCUT2D eigenvalue weighted by atomic mass is 35.5. The van der Waals surface area contributed by atoms with Crippen molar-refractivity contribution < 1.29 is 28.0 Å². The molecule has 0 spiro atoms. The second-order valence-corrected chi connectivity index (χ2v) is 9.18. The molecule has 0 bridgehead atoms. The van der Waals surface area contributed by atoms with Gasteiger partial charge in [-0.1, -0.05) is 46.6 Å². The van der Waals surface area contributed by atoms with Crippen molar-refractivity contribution in [3.8, 4) is 11.3 Å². The van der Waals surface area contributed by atoms with Crippen molar-refractivity contribution in [2.24, 2.45) is 0 Å². The molecule has 0 fully saturated rings. The van der Waals surface area contributed by atoms with Gasteiger partial charge in [-0.2, -0.15) is 0 Å². The van der Waals surface area contributed by atoms with Crippen LogP contribution < -0.4 is 5.11 Å². The van der Waals surface area contributed by atoms with E-state index in [2.05, 4.69) is 5.16 Å². The first-order valence-electron chi connectivity index (χ1n) is 10.3. The summed E-state index contributed by atoms with van der Waals surface area (Å²) in [7, 11) is 0. The van der Waals surface area contributed by atoms with Crippen LogP contribution in [-0.2, 0) is 10.5 Å². The van der Waals surface area contributed by atoms with Gasteiger partial charge in [0.2, 0.25) is 0 Å². The van der Waals surface area contributed by atoms with Gasteiger partial charge in [-0.25, -0.2) is 8.78 Å². The molecule has 35 heavy (non-hydrogen) atoms. The molecule has 4 rings (SSSR count). The van der Waals surface area contributed by atoms with E-state index in [4.69, 9.17) is 27.7 Å². The van der Waals surface area contributed by atoms with Crippen LogP contribution in [0.15, 0.2) is 47.1 Å². The Morgan fingerprint density at radius 3 is 2.57 bits per heavy atom. The lowest BCUT2D eigenvalue weighted by molar-refractivity contribution is -0.297. The van der Waals surface area contributed by atoms with Crippen molar-refractivity contribution in [3.63, 3.8) is 0 Å². The Morgan fingerprint density at radius 1 is 1.23 bits per heavy atom. The number of carboxylic acid groups (broad SMARTS) is 1. The second kappa shape index (κ2) is 8.94. The summed E-state index contributed by atoms with van der Waals surface area (Å²) in [5.74, 6) is -3.39. The normalized spacial score (nSPS) is 12.1. The first kappa shape index (κ1) is 24.6. The molecule has 0 saturated carbocycles. The molecule has 4 aromatic rings. The van der Waals surface area contributed by atoms with E-state index in [1.807, 2.05) is 0 Å². The van der Waals surface area contributed by atoms with Crippen molar-refractivity contribution in [1.29, 1.82) is 0 Å². The average molecular weight is 518 g/mol. The number of aryl methyl sites for hydroxylation is 1. The van der Waals surface area contributed by atoms with E-state index in [-0.39, 0.29) is 26.9 Å². The summed E-state index contributed by atoms with van der Waals surface area (Å²) < 4.78 is 36.4. The van der Waals surface area contributed by atoms with Crippen LogP contribution in [0.5, 0.6) is 0 Å². The molecule has 0 aliphatic rings. The minimum absolute atomic E-state index is 0.0304. The lowest BCUT2D eigenvalue weighted by Gasteiger charge is -2.13. The second-order valence-electron chi connectivity index (χ2n) is 8.33. The van der Waals surface area contributed by atoms with E-state index < -0.39 is 29.1 Å². The molecule has 0 unspecified atom stereocenters. The third-order valence-corrected chi connectivity index (χ3v) is 5.87. The maximum atomic E-state index is 15.1. The Labute approximate surface area is 208 Å². The van der Waals surface area contributed by atoms with Gasteiger partial charge < -0.3 is 14.4 Å². The minimum Gasteiger partial charge on any atom is -0.545 e. The molecular weight excluding hydrogens is 501 g/mol. The molecule has 0 amide bonds. The summed E-state index contributed by atoms with van der Waals surface area (Å²) >= 11 is 12.1. The first-order chi connectivity index (χ1) is 16.4. The van der Waals surface area contributed by atoms with Gasteiger partial charge in [0.1, 0.15) is 17.1 Å². The van der Waals surface area contributed by atoms with Crippen LogP contribution in [0.4, 0.5) is 8.78 Å². The van der Waals surface area contributed by atoms with E-state index in [0.717, 1.165) is 12.1 Å². The third kappa shape index (κ3) is 4.47. The molecule has 2 aromatic carbocycles. The predicted molar refractivity (Wildman–Crippen MR) is 126 cm³/mol. The zero-order valence-electron chi connectivity index (χ0n) is 18.7. The molecule has 180 valence electrons. The van der Waals surface area contributed by atoms with Gasteiger partial charge in [0, 0.05) is 16.6 Å². The predicted octanol–water partition coefficient (Wildman–Crippen LogP) is 5.71. The molecule has 2 heterocycles. The Balaban J connectivity index is 1.98. The highest BCUT2D eigenvalue weighted by Crippen LogP contribution is 2.40. The summed E-state index contributed by atoms with van der Waals surface area (Å²) in [4.78, 5) is 24.7. The first-order valence-corrected chi connectivity index (χ1v) is 11.0. The lowest BCUT2D eigenvalue weighted by Crippen LogP contribution is -2.19. The third-order valence-electron chi connectivity index (χ3n) is 5.36. The number of carbonyl (C=O) groups is 2. The number of aromatic nitrogens is 2. The summed E-state index contributed by atoms with van der Waals surface area (Å²) in [6, 6.07) is 7.21. The molecular formula is C25H17Cl2F2N2O4-. The number of carbonyl (C=O) groups excluding carboxylic acids is 2. The zero-order valence-corrected chi connectivity index (χ0v) is 20.2. The number of hydrogen-bond donors (Lipinski definition) is 0. The number of carboxylic acids is 1. The van der Waals surface area contributed by atoms with Crippen molar-refractivity contribution in [2.75, 3.05) is 0 Å². The monoisotopic (exact) mass is 517 g/mol. The molecule has 0 atom stereocenters. The van der Waals surface area contributed by atoms with E-state index in [0.29, 0.717) is 22.0 Å². The van der Waals surface area contributed by atoms with Gasteiger partial charge in [0.25, 0.3) is 5.91 Å². The van der Waals surface area contributed by atoms with E-state index in [1.54, 1.807) is 25.1 Å². The Morgan fingerprint density at radius 2 is 1.94 bits per heavy atom. The van der Waals surface area contributed by atoms with Gasteiger partial charge in [0.05, 0.1) is 22.1 Å². The van der Waals surface area contributed by atoms with Crippen molar-refractivity contribution in [2.45, 2.75) is 26.4 Å². The van der Waals surface area contributed by atoms with Crippen molar-refractivity contribution in [1.82, 2.24) is 9.72 Å². The Kier molecular flexibility index (Phi) is 6.29.